The molecule has 1 atom stereocenters. The molecule has 0 aliphatic carbocycles. The molecule has 0 radical (unpaired) electrons. The lowest BCUT2D eigenvalue weighted by Crippen LogP contribution is -2.04. The minimum Gasteiger partial charge on any atom is -0.455 e. The minimum absolute atomic E-state index is 0.160. The Bertz CT molecular complexity index is 3050. The molecular formula is C55H43NO. The zero-order chi connectivity index (χ0) is 38.3. The minimum atomic E-state index is 0.160. The van der Waals surface area contributed by atoms with E-state index in [0.717, 1.165) is 74.9 Å². The van der Waals surface area contributed by atoms with Gasteiger partial charge in [0.15, 0.2) is 0 Å². The normalized spacial score (nSPS) is 18.2. The van der Waals surface area contributed by atoms with Crippen LogP contribution in [0.4, 0.5) is 0 Å². The first-order valence-corrected chi connectivity index (χ1v) is 20.2. The number of rotatable bonds is 6. The van der Waals surface area contributed by atoms with E-state index >= 15 is 0 Å². The molecule has 274 valence electrons. The summed E-state index contributed by atoms with van der Waals surface area (Å²) in [5.74, 6) is 0.160. The molecule has 0 amide bonds. The van der Waals surface area contributed by atoms with E-state index in [2.05, 4.69) is 196 Å². The fraction of sp³-hybridized carbons (Fsp3) is 0.109. The van der Waals surface area contributed by atoms with Gasteiger partial charge in [-0.15, -0.1) is 0 Å². The molecule has 0 saturated carbocycles. The zero-order valence-corrected chi connectivity index (χ0v) is 32.4. The fourth-order valence-electron chi connectivity index (χ4n) is 8.90. The first kappa shape index (κ1) is 34.7. The largest absolute Gasteiger partial charge is 0.455 e. The molecule has 9 aromatic rings. The van der Waals surface area contributed by atoms with E-state index in [1.807, 2.05) is 0 Å². The van der Waals surface area contributed by atoms with E-state index in [1.54, 1.807) is 0 Å². The second kappa shape index (κ2) is 14.7. The van der Waals surface area contributed by atoms with Crippen LogP contribution in [0, 0.1) is 5.92 Å². The van der Waals surface area contributed by atoms with Crippen molar-refractivity contribution in [3.05, 3.63) is 204 Å². The molecule has 0 bridgehead atoms. The van der Waals surface area contributed by atoms with Gasteiger partial charge in [0.25, 0.3) is 0 Å². The number of para-hydroxylation sites is 1. The Hall–Kier alpha value is -6.77. The van der Waals surface area contributed by atoms with Crippen molar-refractivity contribution >= 4 is 60.5 Å². The molecular weight excluding hydrogens is 691 g/mol. The second-order valence-electron chi connectivity index (χ2n) is 15.3. The highest BCUT2D eigenvalue weighted by Crippen LogP contribution is 2.42. The molecule has 1 aliphatic rings. The first-order valence-electron chi connectivity index (χ1n) is 20.2. The maximum atomic E-state index is 6.76. The maximum Gasteiger partial charge on any atom is 0.143 e. The Morgan fingerprint density at radius 1 is 0.526 bits per heavy atom. The molecule has 2 heteroatoms. The van der Waals surface area contributed by atoms with Crippen LogP contribution in [0.1, 0.15) is 49.8 Å². The van der Waals surface area contributed by atoms with Gasteiger partial charge >= 0.3 is 0 Å². The molecule has 1 aliphatic heterocycles. The number of nitrogens with zero attached hydrogens (tertiary/aromatic N) is 1. The smallest absolute Gasteiger partial charge is 0.143 e. The van der Waals surface area contributed by atoms with Crippen LogP contribution in [0.5, 0.6) is 0 Å². The highest BCUT2D eigenvalue weighted by molar-refractivity contribution is 6.15. The van der Waals surface area contributed by atoms with Gasteiger partial charge in [0.2, 0.25) is 0 Å². The van der Waals surface area contributed by atoms with Crippen LogP contribution in [0.3, 0.4) is 0 Å². The molecule has 57 heavy (non-hydrogen) atoms. The molecule has 0 spiro atoms. The number of furan rings is 1. The van der Waals surface area contributed by atoms with Gasteiger partial charge < -0.3 is 4.42 Å². The molecule has 0 N–H and O–H groups in total. The predicted octanol–water partition coefficient (Wildman–Crippen LogP) is 15.4. The van der Waals surface area contributed by atoms with E-state index < -0.39 is 0 Å². The number of benzene rings is 8. The third-order valence-electron chi connectivity index (χ3n) is 11.9. The Morgan fingerprint density at radius 3 is 1.88 bits per heavy atom. The average molecular weight is 734 g/mol. The Kier molecular flexibility index (Phi) is 8.96. The summed E-state index contributed by atoms with van der Waals surface area (Å²) in [6.07, 6.45) is 5.14. The van der Waals surface area contributed by atoms with Crippen molar-refractivity contribution in [1.82, 2.24) is 0 Å². The van der Waals surface area contributed by atoms with Crippen LogP contribution in [-0.4, -0.2) is 5.71 Å². The summed E-state index contributed by atoms with van der Waals surface area (Å²) in [6.45, 7) is 4.64. The topological polar surface area (TPSA) is 25.5 Å². The van der Waals surface area contributed by atoms with Gasteiger partial charge in [-0.2, -0.15) is 0 Å². The van der Waals surface area contributed by atoms with Crippen molar-refractivity contribution in [3.8, 4) is 22.3 Å². The summed E-state index contributed by atoms with van der Waals surface area (Å²) in [5, 5.41) is 7.24. The molecule has 1 unspecified atom stereocenters. The Morgan fingerprint density at radius 2 is 1.14 bits per heavy atom. The average Bonchev–Trinajstić information content (AvgIpc) is 3.69. The van der Waals surface area contributed by atoms with Crippen molar-refractivity contribution in [1.29, 1.82) is 0 Å². The summed E-state index contributed by atoms with van der Waals surface area (Å²) in [4.78, 5) is 5.72. The number of aliphatic imine (C=N–C) groups is 1. The van der Waals surface area contributed by atoms with Crippen LogP contribution in [-0.2, 0) is 0 Å². The summed E-state index contributed by atoms with van der Waals surface area (Å²) >= 11 is 0. The number of fused-ring (bicyclic) bond motifs is 5. The van der Waals surface area contributed by atoms with Crippen LogP contribution in [0.15, 0.2) is 197 Å². The van der Waals surface area contributed by atoms with E-state index in [1.165, 1.54) is 49.4 Å². The van der Waals surface area contributed by atoms with Crippen molar-refractivity contribution in [3.63, 3.8) is 0 Å². The van der Waals surface area contributed by atoms with Crippen LogP contribution in [0.25, 0.3) is 77.0 Å². The summed E-state index contributed by atoms with van der Waals surface area (Å²) in [6, 6.07) is 63.5. The molecule has 0 fully saturated rings. The van der Waals surface area contributed by atoms with Gasteiger partial charge in [-0.1, -0.05) is 176 Å². The lowest BCUT2D eigenvalue weighted by molar-refractivity contribution is 0.670. The molecule has 1 aromatic heterocycles. The summed E-state index contributed by atoms with van der Waals surface area (Å²) in [5.41, 5.74) is 14.9. The number of hydrogen-bond donors (Lipinski definition) is 0. The Balaban J connectivity index is 1.15. The van der Waals surface area contributed by atoms with Crippen molar-refractivity contribution in [2.75, 3.05) is 0 Å². The monoisotopic (exact) mass is 733 g/mol. The van der Waals surface area contributed by atoms with Gasteiger partial charge in [-0.3, -0.25) is 4.99 Å². The van der Waals surface area contributed by atoms with E-state index in [0.29, 0.717) is 0 Å². The SMILES string of the molecule is CCC1/C=C(c2cccc3oc4c(-c5ccccc5)cccc4c23)\N=C(\c2ccc(-c3ccc4ccccc4c3)cc2)CC/C(C)=C/1c1ccc2ccccc2c1. The van der Waals surface area contributed by atoms with Crippen LogP contribution in [0.2, 0.25) is 0 Å². The third-order valence-corrected chi connectivity index (χ3v) is 11.9. The van der Waals surface area contributed by atoms with E-state index in [-0.39, 0.29) is 5.92 Å². The van der Waals surface area contributed by atoms with Gasteiger partial charge in [0, 0.05) is 33.5 Å². The Labute approximate surface area is 334 Å². The second-order valence-corrected chi connectivity index (χ2v) is 15.3. The molecule has 2 nitrogen and oxygen atoms in total. The first-order chi connectivity index (χ1) is 28.1. The van der Waals surface area contributed by atoms with Crippen LogP contribution < -0.4 is 0 Å². The summed E-state index contributed by atoms with van der Waals surface area (Å²) < 4.78 is 6.76. The number of hydrogen-bond acceptors (Lipinski definition) is 2. The van der Waals surface area contributed by atoms with Crippen LogP contribution >= 0.6 is 0 Å². The maximum absolute atomic E-state index is 6.76. The fourth-order valence-corrected chi connectivity index (χ4v) is 8.90. The number of allylic oxidation sites excluding steroid dienone is 3. The third kappa shape index (κ3) is 6.48. The highest BCUT2D eigenvalue weighted by Gasteiger charge is 2.23. The van der Waals surface area contributed by atoms with Gasteiger partial charge in [0.05, 0.1) is 5.70 Å². The zero-order valence-electron chi connectivity index (χ0n) is 32.4. The van der Waals surface area contributed by atoms with Gasteiger partial charge in [0.1, 0.15) is 11.2 Å². The van der Waals surface area contributed by atoms with Crippen molar-refractivity contribution in [2.24, 2.45) is 10.9 Å². The van der Waals surface area contributed by atoms with E-state index in [9.17, 15) is 0 Å². The van der Waals surface area contributed by atoms with E-state index in [4.69, 9.17) is 9.41 Å². The van der Waals surface area contributed by atoms with Crippen molar-refractivity contribution < 1.29 is 4.42 Å². The molecule has 0 saturated heterocycles. The quantitative estimate of drug-likeness (QED) is 0.167. The predicted molar refractivity (Wildman–Crippen MR) is 243 cm³/mol. The van der Waals surface area contributed by atoms with Crippen molar-refractivity contribution in [2.45, 2.75) is 33.1 Å². The van der Waals surface area contributed by atoms with Gasteiger partial charge in [-0.05, 0) is 99.3 Å². The summed E-state index contributed by atoms with van der Waals surface area (Å²) in [7, 11) is 0. The lowest BCUT2D eigenvalue weighted by Gasteiger charge is -2.21. The highest BCUT2D eigenvalue weighted by atomic mass is 16.3. The lowest BCUT2D eigenvalue weighted by atomic mass is 9.84. The van der Waals surface area contributed by atoms with Gasteiger partial charge in [-0.25, -0.2) is 0 Å². The molecule has 10 rings (SSSR count). The standard InChI is InChI=1S/C55H43NO/c1-3-37-35-51(48-20-12-22-52-54(48)49-21-11-19-47(55(49)57-52)41-15-5-4-6-16-41)56-50(32-23-36(2)53(37)46-31-27-39-14-8-10-18-44(39)34-46)42-28-24-40(25-29-42)45-30-26-38-13-7-9-17-43(38)33-45/h4-22,24-31,33-35,37H,3,23,32H2,1-2H3/b51-35-,53-36-,56-50+. The molecule has 8 aromatic carbocycles. The molecule has 2 heterocycles.